The molecule has 5 nitrogen and oxygen atoms in total. The van der Waals surface area contributed by atoms with Crippen LogP contribution in [-0.4, -0.2) is 36.2 Å². The fourth-order valence-electron chi connectivity index (χ4n) is 2.52. The van der Waals surface area contributed by atoms with E-state index >= 15 is 0 Å². The largest absolute Gasteiger partial charge is 0.453 e. The van der Waals surface area contributed by atoms with Crippen molar-refractivity contribution in [2.45, 2.75) is 25.8 Å². The number of H-pyrrole nitrogens is 1. The Labute approximate surface area is 101 Å². The molecule has 0 radical (unpaired) electrons. The van der Waals surface area contributed by atoms with E-state index in [0.29, 0.717) is 13.1 Å². The number of carbonyl (C=O) groups excluding carboxylic acids is 1. The molecule has 0 fully saturated rings. The third-order valence-corrected chi connectivity index (χ3v) is 3.25. The van der Waals surface area contributed by atoms with Crippen molar-refractivity contribution in [3.05, 3.63) is 23.0 Å². The van der Waals surface area contributed by atoms with Crippen LogP contribution in [0, 0.1) is 6.92 Å². The van der Waals surface area contributed by atoms with Gasteiger partial charge in [0.25, 0.3) is 0 Å². The zero-order valence-electron chi connectivity index (χ0n) is 10.3. The van der Waals surface area contributed by atoms with Crippen LogP contribution in [0.1, 0.15) is 29.4 Å². The highest BCUT2D eigenvalue weighted by molar-refractivity contribution is 5.68. The van der Waals surface area contributed by atoms with Gasteiger partial charge in [0.2, 0.25) is 0 Å². The second-order valence-electron chi connectivity index (χ2n) is 4.40. The molecular weight excluding hydrogens is 218 g/mol. The van der Waals surface area contributed by atoms with E-state index in [-0.39, 0.29) is 12.1 Å². The number of ether oxygens (including phenoxy) is 1. The van der Waals surface area contributed by atoms with Crippen LogP contribution in [0.3, 0.4) is 0 Å². The number of hydrogen-bond acceptors (Lipinski definition) is 3. The van der Waals surface area contributed by atoms with Gasteiger partial charge in [-0.25, -0.2) is 4.79 Å². The molecule has 0 aliphatic carbocycles. The third-order valence-electron chi connectivity index (χ3n) is 3.25. The van der Waals surface area contributed by atoms with Gasteiger partial charge in [0.05, 0.1) is 13.2 Å². The Morgan fingerprint density at radius 1 is 1.71 bits per heavy atom. The molecule has 2 rings (SSSR count). The van der Waals surface area contributed by atoms with Crippen molar-refractivity contribution < 1.29 is 9.53 Å². The maximum Gasteiger partial charge on any atom is 0.410 e. The minimum absolute atomic E-state index is 0.0184. The van der Waals surface area contributed by atoms with E-state index in [4.69, 9.17) is 10.5 Å². The minimum Gasteiger partial charge on any atom is -0.453 e. The Balaban J connectivity index is 2.31. The minimum atomic E-state index is -0.277. The van der Waals surface area contributed by atoms with Crippen molar-refractivity contribution in [3.63, 3.8) is 0 Å². The van der Waals surface area contributed by atoms with Crippen LogP contribution in [0.4, 0.5) is 4.79 Å². The van der Waals surface area contributed by atoms with Gasteiger partial charge in [0.15, 0.2) is 0 Å². The Morgan fingerprint density at radius 2 is 2.47 bits per heavy atom. The molecule has 0 saturated heterocycles. The maximum absolute atomic E-state index is 11.7. The summed E-state index contributed by atoms with van der Waals surface area (Å²) in [7, 11) is 1.41. The molecule has 1 amide bonds. The van der Waals surface area contributed by atoms with E-state index in [2.05, 4.69) is 11.1 Å². The van der Waals surface area contributed by atoms with Gasteiger partial charge >= 0.3 is 6.09 Å². The smallest absolute Gasteiger partial charge is 0.410 e. The average Bonchev–Trinajstić information content (AvgIpc) is 2.69. The number of methoxy groups -OCH3 is 1. The first-order chi connectivity index (χ1) is 8.17. The molecule has 1 aromatic heterocycles. The molecule has 5 heteroatoms. The number of aromatic nitrogens is 1. The van der Waals surface area contributed by atoms with E-state index in [9.17, 15) is 4.79 Å². The van der Waals surface area contributed by atoms with Gasteiger partial charge in [-0.15, -0.1) is 0 Å². The summed E-state index contributed by atoms with van der Waals surface area (Å²) in [6.45, 7) is 3.28. The van der Waals surface area contributed by atoms with E-state index < -0.39 is 0 Å². The quantitative estimate of drug-likeness (QED) is 0.815. The molecule has 1 atom stereocenters. The van der Waals surface area contributed by atoms with Crippen molar-refractivity contribution in [2.75, 3.05) is 20.2 Å². The van der Waals surface area contributed by atoms with Crippen LogP contribution in [0.25, 0.3) is 0 Å². The number of aryl methyl sites for hydroxylation is 1. The second kappa shape index (κ2) is 4.79. The highest BCUT2D eigenvalue weighted by Gasteiger charge is 2.32. The Kier molecular flexibility index (Phi) is 3.38. The average molecular weight is 237 g/mol. The molecule has 0 saturated carbocycles. The molecular formula is C12H19N3O2. The fraction of sp³-hybridized carbons (Fsp3) is 0.583. The molecule has 1 aromatic rings. The summed E-state index contributed by atoms with van der Waals surface area (Å²) in [5.74, 6) is 0. The molecule has 2 heterocycles. The number of nitrogens with two attached hydrogens (primary N) is 1. The summed E-state index contributed by atoms with van der Waals surface area (Å²) >= 11 is 0. The second-order valence-corrected chi connectivity index (χ2v) is 4.40. The highest BCUT2D eigenvalue weighted by atomic mass is 16.5. The molecule has 1 aliphatic heterocycles. The van der Waals surface area contributed by atoms with E-state index in [0.717, 1.165) is 24.2 Å². The number of amides is 1. The van der Waals surface area contributed by atoms with Gasteiger partial charge in [0.1, 0.15) is 0 Å². The topological polar surface area (TPSA) is 71.3 Å². The lowest BCUT2D eigenvalue weighted by atomic mass is 9.98. The first kappa shape index (κ1) is 12.0. The van der Waals surface area contributed by atoms with Gasteiger partial charge in [0, 0.05) is 17.9 Å². The monoisotopic (exact) mass is 237 g/mol. The van der Waals surface area contributed by atoms with E-state index in [1.807, 2.05) is 6.92 Å². The molecule has 0 spiro atoms. The summed E-state index contributed by atoms with van der Waals surface area (Å²) in [6, 6.07) is 2.16. The van der Waals surface area contributed by atoms with Crippen LogP contribution in [-0.2, 0) is 11.2 Å². The van der Waals surface area contributed by atoms with Crippen molar-refractivity contribution in [1.82, 2.24) is 9.88 Å². The Morgan fingerprint density at radius 3 is 3.12 bits per heavy atom. The number of rotatable bonds is 2. The van der Waals surface area contributed by atoms with Gasteiger partial charge in [-0.05, 0) is 37.9 Å². The Hall–Kier alpha value is -1.49. The molecule has 3 N–H and O–H groups in total. The van der Waals surface area contributed by atoms with Crippen LogP contribution in [0.15, 0.2) is 6.07 Å². The molecule has 1 unspecified atom stereocenters. The van der Waals surface area contributed by atoms with Crippen LogP contribution >= 0.6 is 0 Å². The summed E-state index contributed by atoms with van der Waals surface area (Å²) in [5.41, 5.74) is 9.17. The molecule has 17 heavy (non-hydrogen) atoms. The maximum atomic E-state index is 11.7. The lowest BCUT2D eigenvalue weighted by Gasteiger charge is -2.34. The van der Waals surface area contributed by atoms with Crippen molar-refractivity contribution in [3.8, 4) is 0 Å². The number of fused-ring (bicyclic) bond motifs is 1. The lowest BCUT2D eigenvalue weighted by Crippen LogP contribution is -2.40. The van der Waals surface area contributed by atoms with Crippen LogP contribution in [0.2, 0.25) is 0 Å². The van der Waals surface area contributed by atoms with Gasteiger partial charge in [-0.1, -0.05) is 0 Å². The summed E-state index contributed by atoms with van der Waals surface area (Å²) in [6.07, 6.45) is 1.35. The Bertz CT molecular complexity index is 414. The van der Waals surface area contributed by atoms with Gasteiger partial charge < -0.3 is 15.5 Å². The number of hydrogen-bond donors (Lipinski definition) is 2. The fourth-order valence-corrected chi connectivity index (χ4v) is 2.52. The first-order valence-corrected chi connectivity index (χ1v) is 5.90. The van der Waals surface area contributed by atoms with Crippen molar-refractivity contribution >= 4 is 6.09 Å². The SMILES string of the molecule is COC(=O)N1CCc2cc(C)[nH]c2C1CCN. The predicted molar refractivity (Wildman–Crippen MR) is 64.8 cm³/mol. The summed E-state index contributed by atoms with van der Waals surface area (Å²) in [4.78, 5) is 16.8. The zero-order chi connectivity index (χ0) is 12.4. The summed E-state index contributed by atoms with van der Waals surface area (Å²) < 4.78 is 4.82. The third kappa shape index (κ3) is 2.15. The molecule has 94 valence electrons. The number of aromatic amines is 1. The van der Waals surface area contributed by atoms with Crippen LogP contribution in [0.5, 0.6) is 0 Å². The van der Waals surface area contributed by atoms with E-state index in [1.165, 1.54) is 12.7 Å². The number of nitrogens with one attached hydrogen (secondary N) is 1. The van der Waals surface area contributed by atoms with E-state index in [1.54, 1.807) is 4.90 Å². The first-order valence-electron chi connectivity index (χ1n) is 5.90. The predicted octanol–water partition coefficient (Wildman–Crippen LogP) is 1.34. The standard InChI is InChI=1S/C12H19N3O2/c1-8-7-9-4-6-15(12(16)17-2)10(3-5-13)11(9)14-8/h7,10,14H,3-6,13H2,1-2H3. The van der Waals surface area contributed by atoms with Crippen LogP contribution < -0.4 is 5.73 Å². The van der Waals surface area contributed by atoms with Gasteiger partial charge in [-0.2, -0.15) is 0 Å². The highest BCUT2D eigenvalue weighted by Crippen LogP contribution is 2.32. The number of carbonyl (C=O) groups is 1. The molecule has 1 aliphatic rings. The molecule has 0 aromatic carbocycles. The molecule has 0 bridgehead atoms. The van der Waals surface area contributed by atoms with Gasteiger partial charge in [-0.3, -0.25) is 4.90 Å². The zero-order valence-corrected chi connectivity index (χ0v) is 10.3. The normalized spacial score (nSPS) is 19.0. The van der Waals surface area contributed by atoms with Crippen molar-refractivity contribution in [1.29, 1.82) is 0 Å². The number of nitrogens with zero attached hydrogens (tertiary/aromatic N) is 1. The summed E-state index contributed by atoms with van der Waals surface area (Å²) in [5, 5.41) is 0. The lowest BCUT2D eigenvalue weighted by molar-refractivity contribution is 0.0979. The van der Waals surface area contributed by atoms with Crippen molar-refractivity contribution in [2.24, 2.45) is 5.73 Å².